The molecule has 31 heavy (non-hydrogen) atoms. The van der Waals surface area contributed by atoms with Gasteiger partial charge in [-0.2, -0.15) is 10.4 Å². The van der Waals surface area contributed by atoms with Crippen LogP contribution >= 0.6 is 0 Å². The average Bonchev–Trinajstić information content (AvgIpc) is 3.51. The number of hydrogen-bond donors (Lipinski definition) is 0. The first kappa shape index (κ1) is 19.4. The molecule has 2 aromatic carbocycles. The summed E-state index contributed by atoms with van der Waals surface area (Å²) in [5.74, 6) is 1.24. The summed E-state index contributed by atoms with van der Waals surface area (Å²) in [5, 5.41) is 14.1. The Hall–Kier alpha value is -3.59. The van der Waals surface area contributed by atoms with E-state index < -0.39 is 0 Å². The highest BCUT2D eigenvalue weighted by molar-refractivity contribution is 5.95. The van der Waals surface area contributed by atoms with Crippen LogP contribution in [0.5, 0.6) is 11.5 Å². The molecule has 5 rings (SSSR count). The highest BCUT2D eigenvalue weighted by Gasteiger charge is 2.31. The number of anilines is 1. The second-order valence-electron chi connectivity index (χ2n) is 8.37. The van der Waals surface area contributed by atoms with E-state index in [0.717, 1.165) is 48.1 Å². The van der Waals surface area contributed by atoms with Crippen molar-refractivity contribution in [2.24, 2.45) is 0 Å². The number of nitrogens with zero attached hydrogens (tertiary/aromatic N) is 4. The molecule has 6 nitrogen and oxygen atoms in total. The van der Waals surface area contributed by atoms with Crippen molar-refractivity contribution < 1.29 is 9.53 Å². The lowest BCUT2D eigenvalue weighted by atomic mass is 9.92. The van der Waals surface area contributed by atoms with Gasteiger partial charge in [0, 0.05) is 35.9 Å². The molecule has 156 valence electrons. The number of nitriles is 1. The molecule has 1 fully saturated rings. The van der Waals surface area contributed by atoms with Gasteiger partial charge in [0.05, 0.1) is 23.5 Å². The van der Waals surface area contributed by atoms with E-state index in [1.165, 1.54) is 0 Å². The second-order valence-corrected chi connectivity index (χ2v) is 8.37. The predicted octanol–water partition coefficient (Wildman–Crippen LogP) is 5.24. The fraction of sp³-hybridized carbons (Fsp3) is 0.320. The highest BCUT2D eigenvalue weighted by Crippen LogP contribution is 2.45. The van der Waals surface area contributed by atoms with Gasteiger partial charge in [-0.15, -0.1) is 0 Å². The summed E-state index contributed by atoms with van der Waals surface area (Å²) in [6.07, 6.45) is 7.92. The summed E-state index contributed by atoms with van der Waals surface area (Å²) in [6, 6.07) is 14.1. The number of para-hydroxylation sites is 1. The Morgan fingerprint density at radius 3 is 2.74 bits per heavy atom. The standard InChI is InChI=1S/C25H24N4O2/c1-16-7-10-22-23(29(16)17(2)30)12-11-21(19-14-27-28(15-19)20-8-9-20)25(22)31-24-6-4-3-5-18(24)13-26/h3-6,11-12,14-16,20H,7-10H2,1-2H3/t16-/m0/s1. The average molecular weight is 412 g/mol. The van der Waals surface area contributed by atoms with Crippen LogP contribution < -0.4 is 9.64 Å². The molecule has 1 atom stereocenters. The van der Waals surface area contributed by atoms with Gasteiger partial charge in [0.2, 0.25) is 5.91 Å². The van der Waals surface area contributed by atoms with Crippen LogP contribution in [0.4, 0.5) is 5.69 Å². The minimum absolute atomic E-state index is 0.0196. The van der Waals surface area contributed by atoms with E-state index in [1.54, 1.807) is 13.0 Å². The van der Waals surface area contributed by atoms with Crippen molar-refractivity contribution in [2.45, 2.75) is 51.6 Å². The molecule has 3 aromatic rings. The van der Waals surface area contributed by atoms with Crippen molar-refractivity contribution in [3.63, 3.8) is 0 Å². The van der Waals surface area contributed by atoms with E-state index >= 15 is 0 Å². The number of aromatic nitrogens is 2. The molecule has 0 bridgehead atoms. The Kier molecular flexibility index (Phi) is 4.74. The van der Waals surface area contributed by atoms with E-state index in [1.807, 2.05) is 46.1 Å². The summed E-state index contributed by atoms with van der Waals surface area (Å²) in [7, 11) is 0. The Labute approximate surface area is 181 Å². The zero-order chi connectivity index (χ0) is 21.5. The van der Waals surface area contributed by atoms with Crippen LogP contribution in [-0.4, -0.2) is 21.7 Å². The first-order valence-corrected chi connectivity index (χ1v) is 10.7. The Bertz CT molecular complexity index is 1200. The first-order valence-electron chi connectivity index (χ1n) is 10.7. The van der Waals surface area contributed by atoms with Crippen molar-refractivity contribution in [3.05, 3.63) is 59.9 Å². The fourth-order valence-corrected chi connectivity index (χ4v) is 4.40. The number of hydrogen-bond acceptors (Lipinski definition) is 4. The number of amides is 1. The molecule has 0 radical (unpaired) electrons. The number of ether oxygens (including phenoxy) is 1. The van der Waals surface area contributed by atoms with Crippen LogP contribution in [0.25, 0.3) is 11.1 Å². The van der Waals surface area contributed by atoms with E-state index in [0.29, 0.717) is 23.1 Å². The minimum atomic E-state index is 0.0196. The number of carbonyl (C=O) groups is 1. The quantitative estimate of drug-likeness (QED) is 0.588. The van der Waals surface area contributed by atoms with Crippen LogP contribution in [0.15, 0.2) is 48.8 Å². The maximum Gasteiger partial charge on any atom is 0.224 e. The summed E-state index contributed by atoms with van der Waals surface area (Å²) < 4.78 is 8.46. The van der Waals surface area contributed by atoms with Crippen LogP contribution in [-0.2, 0) is 11.2 Å². The number of fused-ring (bicyclic) bond motifs is 1. The van der Waals surface area contributed by atoms with Gasteiger partial charge in [-0.3, -0.25) is 9.48 Å². The molecule has 2 heterocycles. The third-order valence-electron chi connectivity index (χ3n) is 6.14. The summed E-state index contributed by atoms with van der Waals surface area (Å²) in [6.45, 7) is 3.67. The van der Waals surface area contributed by atoms with Crippen molar-refractivity contribution >= 4 is 11.6 Å². The van der Waals surface area contributed by atoms with Crippen molar-refractivity contribution in [1.82, 2.24) is 9.78 Å². The van der Waals surface area contributed by atoms with Crippen LogP contribution in [0.1, 0.15) is 50.3 Å². The van der Waals surface area contributed by atoms with E-state index in [2.05, 4.69) is 24.3 Å². The smallest absolute Gasteiger partial charge is 0.224 e. The lowest BCUT2D eigenvalue weighted by Gasteiger charge is -2.36. The van der Waals surface area contributed by atoms with Crippen molar-refractivity contribution in [2.75, 3.05) is 4.90 Å². The second kappa shape index (κ2) is 7.59. The van der Waals surface area contributed by atoms with Gasteiger partial charge < -0.3 is 9.64 Å². The highest BCUT2D eigenvalue weighted by atomic mass is 16.5. The summed E-state index contributed by atoms with van der Waals surface area (Å²) >= 11 is 0. The third-order valence-corrected chi connectivity index (χ3v) is 6.14. The van der Waals surface area contributed by atoms with Gasteiger partial charge in [-0.1, -0.05) is 12.1 Å². The first-order chi connectivity index (χ1) is 15.1. The number of benzene rings is 2. The topological polar surface area (TPSA) is 71.2 Å². The summed E-state index contributed by atoms with van der Waals surface area (Å²) in [5.41, 5.74) is 4.27. The molecule has 0 saturated heterocycles. The molecular formula is C25H24N4O2. The molecular weight excluding hydrogens is 388 g/mol. The van der Waals surface area contributed by atoms with Crippen molar-refractivity contribution in [3.8, 4) is 28.7 Å². The van der Waals surface area contributed by atoms with E-state index in [-0.39, 0.29) is 11.9 Å². The summed E-state index contributed by atoms with van der Waals surface area (Å²) in [4.78, 5) is 14.3. The van der Waals surface area contributed by atoms with Crippen LogP contribution in [0.2, 0.25) is 0 Å². The molecule has 1 aliphatic carbocycles. The normalized spacial score (nSPS) is 17.7. The molecule has 1 amide bonds. The maximum absolute atomic E-state index is 12.4. The lowest BCUT2D eigenvalue weighted by Crippen LogP contribution is -2.40. The zero-order valence-electron chi connectivity index (χ0n) is 17.7. The fourth-order valence-electron chi connectivity index (χ4n) is 4.40. The molecule has 0 unspecified atom stereocenters. The minimum Gasteiger partial charge on any atom is -0.455 e. The van der Waals surface area contributed by atoms with E-state index in [4.69, 9.17) is 4.74 Å². The van der Waals surface area contributed by atoms with E-state index in [9.17, 15) is 10.1 Å². The Morgan fingerprint density at radius 1 is 1.19 bits per heavy atom. The number of carbonyl (C=O) groups excluding carboxylic acids is 1. The molecule has 1 saturated carbocycles. The molecule has 1 aliphatic heterocycles. The largest absolute Gasteiger partial charge is 0.455 e. The molecule has 0 spiro atoms. The monoisotopic (exact) mass is 412 g/mol. The van der Waals surface area contributed by atoms with Crippen LogP contribution in [0.3, 0.4) is 0 Å². The molecule has 2 aliphatic rings. The van der Waals surface area contributed by atoms with Gasteiger partial charge in [0.25, 0.3) is 0 Å². The number of rotatable bonds is 4. The van der Waals surface area contributed by atoms with Gasteiger partial charge in [0.15, 0.2) is 0 Å². The van der Waals surface area contributed by atoms with Crippen molar-refractivity contribution in [1.29, 1.82) is 5.26 Å². The SMILES string of the molecule is CC(=O)N1c2ccc(-c3cnn(C4CC4)c3)c(Oc3ccccc3C#N)c2CC[C@@H]1C. The van der Waals surface area contributed by atoms with Crippen LogP contribution in [0, 0.1) is 11.3 Å². The third kappa shape index (κ3) is 3.46. The molecule has 1 aromatic heterocycles. The zero-order valence-corrected chi connectivity index (χ0v) is 17.7. The predicted molar refractivity (Wildman–Crippen MR) is 118 cm³/mol. The van der Waals surface area contributed by atoms with Gasteiger partial charge in [0.1, 0.15) is 17.6 Å². The van der Waals surface area contributed by atoms with Gasteiger partial charge >= 0.3 is 0 Å². The van der Waals surface area contributed by atoms with Gasteiger partial charge in [-0.05, 0) is 56.9 Å². The molecule has 6 heteroatoms. The molecule has 0 N–H and O–H groups in total. The Morgan fingerprint density at radius 2 is 2.00 bits per heavy atom. The van der Waals surface area contributed by atoms with Gasteiger partial charge in [-0.25, -0.2) is 0 Å². The lowest BCUT2D eigenvalue weighted by molar-refractivity contribution is -0.117. The Balaban J connectivity index is 1.67. The maximum atomic E-state index is 12.4.